The molecule has 10 bridgehead atoms. The zero-order valence-electron chi connectivity index (χ0n) is 57.5. The van der Waals surface area contributed by atoms with Gasteiger partial charge in [-0.05, 0) is 252 Å². The van der Waals surface area contributed by atoms with Crippen LogP contribution in [0.15, 0.2) is 24.3 Å². The predicted molar refractivity (Wildman–Crippen MR) is 344 cm³/mol. The van der Waals surface area contributed by atoms with Crippen LogP contribution in [-0.2, 0) is 57.0 Å². The van der Waals surface area contributed by atoms with E-state index in [9.17, 15) is 19.5 Å². The molecule has 0 aromatic heterocycles. The Kier molecular flexibility index (Phi) is 22.9. The van der Waals surface area contributed by atoms with Crippen LogP contribution < -0.4 is 4.74 Å². The molecule has 14 nitrogen and oxygen atoms in total. The summed E-state index contributed by atoms with van der Waals surface area (Å²) in [4.78, 5) is 36.3. The summed E-state index contributed by atoms with van der Waals surface area (Å²) in [6, 6.07) is 6.33. The first kappa shape index (κ1) is 68.5. The molecule has 11 saturated carbocycles. The third kappa shape index (κ3) is 14.6. The van der Waals surface area contributed by atoms with Crippen molar-refractivity contribution in [3.63, 3.8) is 0 Å². The van der Waals surface area contributed by atoms with Gasteiger partial charge in [-0.3, -0.25) is 14.4 Å². The van der Waals surface area contributed by atoms with Crippen LogP contribution in [0.25, 0.3) is 0 Å². The number of hydrogen-bond acceptors (Lipinski definition) is 14. The molecule has 1 spiro atoms. The van der Waals surface area contributed by atoms with Crippen molar-refractivity contribution in [1.82, 2.24) is 0 Å². The molecule has 508 valence electrons. The number of aromatic hydroxyl groups is 1. The summed E-state index contributed by atoms with van der Waals surface area (Å²) in [5.41, 5.74) is -0.0450. The Morgan fingerprint density at radius 1 is 0.567 bits per heavy atom. The van der Waals surface area contributed by atoms with E-state index in [1.807, 2.05) is 13.8 Å². The van der Waals surface area contributed by atoms with Crippen molar-refractivity contribution in [2.45, 2.75) is 242 Å². The van der Waals surface area contributed by atoms with Gasteiger partial charge in [0.15, 0.2) is 25.7 Å². The lowest BCUT2D eigenvalue weighted by molar-refractivity contribution is -0.236. The van der Waals surface area contributed by atoms with Gasteiger partial charge in [-0.25, -0.2) is 0 Å². The van der Waals surface area contributed by atoms with E-state index in [1.165, 1.54) is 69.9 Å². The molecule has 29 unspecified atom stereocenters. The molecule has 3 saturated heterocycles. The van der Waals surface area contributed by atoms with E-state index in [1.54, 1.807) is 12.1 Å². The maximum Gasteiger partial charge on any atom is 0.314 e. The molecule has 0 amide bonds. The molecular weight excluding hydrogens is 1140 g/mol. The van der Waals surface area contributed by atoms with Crippen molar-refractivity contribution >= 4 is 17.9 Å². The van der Waals surface area contributed by atoms with Crippen molar-refractivity contribution < 1.29 is 66.9 Å². The van der Waals surface area contributed by atoms with Gasteiger partial charge in [-0.1, -0.05) is 88.5 Å². The van der Waals surface area contributed by atoms with Crippen LogP contribution in [0.5, 0.6) is 11.5 Å². The number of phenolic OH excluding ortho intramolecular Hbond substituents is 1. The normalized spacial score (nSPS) is 45.6. The average molecular weight is 1260 g/mol. The van der Waals surface area contributed by atoms with Crippen molar-refractivity contribution in [3.8, 4) is 11.5 Å². The number of benzene rings is 1. The maximum absolute atomic E-state index is 12.3. The van der Waals surface area contributed by atoms with Gasteiger partial charge in [0.1, 0.15) is 11.5 Å². The summed E-state index contributed by atoms with van der Waals surface area (Å²) < 4.78 is 57.0. The van der Waals surface area contributed by atoms with Crippen LogP contribution in [0.2, 0.25) is 0 Å². The monoisotopic (exact) mass is 1260 g/mol. The fraction of sp³-hybridized carbons (Fsp3) is 0.882. The fourth-order valence-electron chi connectivity index (χ4n) is 21.6. The standard InChI is InChI=1S/C17H28O4.C17H28O3.C16H20O3.C14H26O2.C12H18O2/c1-10-11(2)13-9-12(10)16(20-14-5-3-7-18-14)17(13)21-15-6-4-8-19-15;1-11-12(2)15-8-13(11)9-16(15)17(18)20-10-19-14-6-4-3-5-7-14;1-9-10(2)14-7-11(9)8-15(14)16(18)19-13-5-3-12(17)4-6-13;1-5-15-11(4)16-8-13-6-12-7-14(13)10(3)9(12)2;1-7-8(2)10-5-9(7)6-12(10)3-4-14-11(12)13/h10-17H,3-9H2,1-2H3;11-16H,3-10H2,1-2H3;3-6,9-11,14-15,17H,7-8H2,1-2H3;9-14H,5-8H2,1-4H3;7-10H,3-6H2,1-2H3. The number of cyclic esters (lactones) is 1. The topological polar surface area (TPSA) is 164 Å². The predicted octanol–water partition coefficient (Wildman–Crippen LogP) is 15.5. The summed E-state index contributed by atoms with van der Waals surface area (Å²) in [5.74, 6) is 16.4. The van der Waals surface area contributed by atoms with Gasteiger partial charge in [0.25, 0.3) is 0 Å². The first-order valence-corrected chi connectivity index (χ1v) is 37.0. The van der Waals surface area contributed by atoms with Gasteiger partial charge >= 0.3 is 17.9 Å². The first-order chi connectivity index (χ1) is 43.2. The molecule has 29 atom stereocenters. The number of phenols is 1. The van der Waals surface area contributed by atoms with E-state index in [4.69, 9.17) is 47.4 Å². The van der Waals surface area contributed by atoms with Crippen LogP contribution in [-0.4, -0.2) is 100 Å². The Bertz CT molecular complexity index is 2430. The van der Waals surface area contributed by atoms with Gasteiger partial charge in [-0.15, -0.1) is 0 Å². The Hall–Kier alpha value is -2.85. The van der Waals surface area contributed by atoms with Crippen LogP contribution in [0, 0.1) is 142 Å². The molecule has 3 heterocycles. The van der Waals surface area contributed by atoms with E-state index >= 15 is 0 Å². The zero-order valence-corrected chi connectivity index (χ0v) is 57.5. The SMILES string of the molecule is CC1C(C)C2CC1C(OC1CCCO1)C2OC1CCCO1.CC1C2CC(C(=O)OCOC3CCCCC3)C(C2)C1C.CC1C2CC(C(=O)Oc3ccc(O)cc3)C(C2)C1C.CC1C2CC(C1C)C1(CCOC1=O)C2.CCOC(C)OCC1CC2CC1C(C)C2C. The summed E-state index contributed by atoms with van der Waals surface area (Å²) in [7, 11) is 0. The summed E-state index contributed by atoms with van der Waals surface area (Å²) in [6.45, 7) is 31.7. The molecule has 15 rings (SSSR count). The minimum Gasteiger partial charge on any atom is -0.508 e. The second kappa shape index (κ2) is 30.1. The molecule has 1 aromatic rings. The third-order valence-corrected chi connectivity index (χ3v) is 28.1. The van der Waals surface area contributed by atoms with Crippen LogP contribution in [0.3, 0.4) is 0 Å². The number of esters is 3. The molecule has 90 heavy (non-hydrogen) atoms. The van der Waals surface area contributed by atoms with Gasteiger partial charge in [-0.2, -0.15) is 0 Å². The zero-order chi connectivity index (χ0) is 63.7. The Balaban J connectivity index is 0.000000117. The molecule has 14 fully saturated rings. The molecule has 1 N–H and O–H groups in total. The number of hydrogen-bond donors (Lipinski definition) is 1. The number of fused-ring (bicyclic) bond motifs is 11. The Morgan fingerprint density at radius 2 is 1.10 bits per heavy atom. The smallest absolute Gasteiger partial charge is 0.314 e. The lowest BCUT2D eigenvalue weighted by Crippen LogP contribution is -2.46. The van der Waals surface area contributed by atoms with Gasteiger partial charge in [0.05, 0.1) is 48.8 Å². The molecule has 0 radical (unpaired) electrons. The second-order valence-corrected chi connectivity index (χ2v) is 32.0. The highest BCUT2D eigenvalue weighted by atomic mass is 16.7. The first-order valence-electron chi connectivity index (χ1n) is 37.0. The molecular formula is C76H120O14. The summed E-state index contributed by atoms with van der Waals surface area (Å²) in [6.07, 6.45) is 22.9. The van der Waals surface area contributed by atoms with Crippen molar-refractivity contribution in [1.29, 1.82) is 0 Å². The quantitative estimate of drug-likeness (QED) is 0.100. The average Bonchev–Trinajstić information content (AvgIpc) is 1.59. The number of rotatable bonds is 15. The number of ether oxygens (including phenoxy) is 10. The minimum atomic E-state index is -0.100. The summed E-state index contributed by atoms with van der Waals surface area (Å²) >= 11 is 0. The van der Waals surface area contributed by atoms with Gasteiger partial charge in [0, 0.05) is 32.7 Å². The lowest BCUT2D eigenvalue weighted by atomic mass is 9.65. The highest BCUT2D eigenvalue weighted by molar-refractivity contribution is 5.80. The Morgan fingerprint density at radius 3 is 1.58 bits per heavy atom. The van der Waals surface area contributed by atoms with E-state index in [0.29, 0.717) is 65.8 Å². The summed E-state index contributed by atoms with van der Waals surface area (Å²) in [5, 5.41) is 9.21. The molecule has 3 aliphatic heterocycles. The molecule has 14 aliphatic rings. The number of carbonyl (C=O) groups excluding carboxylic acids is 3. The van der Waals surface area contributed by atoms with Crippen molar-refractivity contribution in [3.05, 3.63) is 24.3 Å². The van der Waals surface area contributed by atoms with Crippen LogP contribution in [0.4, 0.5) is 0 Å². The fourth-order valence-corrected chi connectivity index (χ4v) is 21.6. The van der Waals surface area contributed by atoms with Gasteiger partial charge < -0.3 is 52.5 Å². The van der Waals surface area contributed by atoms with E-state index < -0.39 is 0 Å². The molecule has 14 heteroatoms. The van der Waals surface area contributed by atoms with E-state index in [2.05, 4.69) is 69.2 Å². The lowest BCUT2D eigenvalue weighted by Gasteiger charge is -2.39. The van der Waals surface area contributed by atoms with Gasteiger partial charge in [0.2, 0.25) is 0 Å². The highest BCUT2D eigenvalue weighted by Crippen LogP contribution is 2.64. The van der Waals surface area contributed by atoms with Crippen molar-refractivity contribution in [2.24, 2.45) is 142 Å². The number of carbonyl (C=O) groups is 3. The minimum absolute atomic E-state index is 0.00699. The van der Waals surface area contributed by atoms with Crippen LogP contribution >= 0.6 is 0 Å². The molecule has 1 aromatic carbocycles. The van der Waals surface area contributed by atoms with E-state index in [-0.39, 0.29) is 78.8 Å². The Labute approximate surface area is 541 Å². The largest absolute Gasteiger partial charge is 0.508 e. The van der Waals surface area contributed by atoms with E-state index in [0.717, 1.165) is 168 Å². The molecule has 11 aliphatic carbocycles. The van der Waals surface area contributed by atoms with Crippen LogP contribution in [0.1, 0.15) is 205 Å². The third-order valence-electron chi connectivity index (χ3n) is 28.1. The highest BCUT2D eigenvalue weighted by Gasteiger charge is 2.63. The maximum atomic E-state index is 12.3. The second-order valence-electron chi connectivity index (χ2n) is 32.0. The van der Waals surface area contributed by atoms with Crippen molar-refractivity contribution in [2.75, 3.05) is 39.8 Å².